The number of hydrogen-bond donors (Lipinski definition) is 4. The van der Waals surface area contributed by atoms with E-state index in [2.05, 4.69) is 10.6 Å². The maximum atomic E-state index is 14.1. The number of ether oxygens (including phenoxy) is 1. The Balaban J connectivity index is 1.60. The third-order valence-electron chi connectivity index (χ3n) is 4.85. The van der Waals surface area contributed by atoms with Crippen molar-refractivity contribution in [3.63, 3.8) is 0 Å². The molecule has 26 heavy (non-hydrogen) atoms. The van der Waals surface area contributed by atoms with E-state index < -0.39 is 17.4 Å². The summed E-state index contributed by atoms with van der Waals surface area (Å²) in [6, 6.07) is 7.57. The standard InChI is InChI=1S/C19H25FN4O2/c1-2-3-4-14(21)16(20)17(22)19(25)24-12-7-5-11(6-8-12)18-15-9-13(26-18)10-23-15/h5-8,13,15,18,22-23H,2-4,9-10,21H2,1H3,(H,24,25)/t13-,15-,18+/m1/s1. The molecule has 2 saturated heterocycles. The Kier molecular flexibility index (Phi) is 5.68. The summed E-state index contributed by atoms with van der Waals surface area (Å²) >= 11 is 0. The second-order valence-corrected chi connectivity index (χ2v) is 6.82. The predicted octanol–water partition coefficient (Wildman–Crippen LogP) is 2.78. The number of carbonyl (C=O) groups is 1. The van der Waals surface area contributed by atoms with E-state index in [0.717, 1.165) is 31.4 Å². The van der Waals surface area contributed by atoms with Crippen LogP contribution in [0.5, 0.6) is 0 Å². The molecule has 0 aliphatic carbocycles. The predicted molar refractivity (Wildman–Crippen MR) is 98.7 cm³/mol. The molecule has 5 N–H and O–H groups in total. The molecule has 0 radical (unpaired) electrons. The minimum Gasteiger partial charge on any atom is -0.400 e. The van der Waals surface area contributed by atoms with Crippen molar-refractivity contribution in [3.8, 4) is 0 Å². The number of benzene rings is 1. The molecule has 7 heteroatoms. The summed E-state index contributed by atoms with van der Waals surface area (Å²) in [6.45, 7) is 2.86. The minimum atomic E-state index is -0.950. The number of halogens is 1. The van der Waals surface area contributed by atoms with Gasteiger partial charge in [-0.15, -0.1) is 0 Å². The van der Waals surface area contributed by atoms with Gasteiger partial charge >= 0.3 is 0 Å². The van der Waals surface area contributed by atoms with Gasteiger partial charge in [-0.05, 0) is 37.0 Å². The lowest BCUT2D eigenvalue weighted by Gasteiger charge is -2.23. The minimum absolute atomic E-state index is 0.0236. The van der Waals surface area contributed by atoms with Crippen LogP contribution < -0.4 is 16.4 Å². The highest BCUT2D eigenvalue weighted by molar-refractivity contribution is 6.47. The molecule has 1 amide bonds. The van der Waals surface area contributed by atoms with Crippen molar-refractivity contribution in [2.24, 2.45) is 5.73 Å². The summed E-state index contributed by atoms with van der Waals surface area (Å²) in [7, 11) is 0. The number of amides is 1. The number of fused-ring (bicyclic) bond motifs is 2. The van der Waals surface area contributed by atoms with E-state index in [1.807, 2.05) is 19.1 Å². The average Bonchev–Trinajstić information content (AvgIpc) is 3.29. The summed E-state index contributed by atoms with van der Waals surface area (Å²) in [6.07, 6.45) is 3.24. The molecule has 2 aliphatic heterocycles. The molecule has 140 valence electrons. The first-order valence-electron chi connectivity index (χ1n) is 9.02. The van der Waals surface area contributed by atoms with E-state index in [1.54, 1.807) is 12.1 Å². The number of nitrogens with one attached hydrogen (secondary N) is 3. The average molecular weight is 360 g/mol. The van der Waals surface area contributed by atoms with Gasteiger partial charge in [-0.3, -0.25) is 10.2 Å². The lowest BCUT2D eigenvalue weighted by Crippen LogP contribution is -2.34. The molecular formula is C19H25FN4O2. The number of unbranched alkanes of at least 4 members (excludes halogenated alkanes) is 1. The Hall–Kier alpha value is -2.25. The van der Waals surface area contributed by atoms with Gasteiger partial charge in [0.05, 0.1) is 12.2 Å². The first kappa shape index (κ1) is 18.5. The lowest BCUT2D eigenvalue weighted by atomic mass is 10.0. The molecule has 2 fully saturated rings. The monoisotopic (exact) mass is 360 g/mol. The van der Waals surface area contributed by atoms with Gasteiger partial charge in [-0.1, -0.05) is 25.5 Å². The van der Waals surface area contributed by atoms with E-state index in [4.69, 9.17) is 15.9 Å². The van der Waals surface area contributed by atoms with Gasteiger partial charge in [0.25, 0.3) is 5.91 Å². The molecule has 0 aromatic heterocycles. The molecule has 3 atom stereocenters. The van der Waals surface area contributed by atoms with Crippen LogP contribution in [0.2, 0.25) is 0 Å². The van der Waals surface area contributed by atoms with E-state index in [0.29, 0.717) is 18.2 Å². The second-order valence-electron chi connectivity index (χ2n) is 6.82. The van der Waals surface area contributed by atoms with Crippen molar-refractivity contribution in [2.45, 2.75) is 50.9 Å². The Labute approximate surface area is 152 Å². The number of nitrogens with two attached hydrogens (primary N) is 1. The molecule has 3 rings (SSSR count). The van der Waals surface area contributed by atoms with Crippen LogP contribution in [0.4, 0.5) is 10.1 Å². The molecule has 0 spiro atoms. The summed E-state index contributed by atoms with van der Waals surface area (Å²) in [5, 5.41) is 13.7. The Morgan fingerprint density at radius 3 is 2.73 bits per heavy atom. The molecule has 0 unspecified atom stereocenters. The Bertz CT molecular complexity index is 717. The van der Waals surface area contributed by atoms with Crippen LogP contribution in [0.3, 0.4) is 0 Å². The molecule has 6 nitrogen and oxygen atoms in total. The first-order valence-corrected chi connectivity index (χ1v) is 9.02. The molecule has 1 aromatic carbocycles. The quantitative estimate of drug-likeness (QED) is 0.562. The van der Waals surface area contributed by atoms with Gasteiger partial charge < -0.3 is 21.1 Å². The van der Waals surface area contributed by atoms with Gasteiger partial charge in [0.2, 0.25) is 0 Å². The number of carbonyl (C=O) groups excluding carboxylic acids is 1. The highest BCUT2D eigenvalue weighted by atomic mass is 19.1. The lowest BCUT2D eigenvalue weighted by molar-refractivity contribution is -0.110. The highest BCUT2D eigenvalue weighted by Crippen LogP contribution is 2.37. The smallest absolute Gasteiger partial charge is 0.276 e. The van der Waals surface area contributed by atoms with E-state index in [9.17, 15) is 9.18 Å². The van der Waals surface area contributed by atoms with Crippen molar-refractivity contribution in [2.75, 3.05) is 11.9 Å². The van der Waals surface area contributed by atoms with Crippen LogP contribution in [-0.4, -0.2) is 30.3 Å². The van der Waals surface area contributed by atoms with Gasteiger partial charge in [-0.2, -0.15) is 0 Å². The van der Waals surface area contributed by atoms with Crippen molar-refractivity contribution >= 4 is 17.3 Å². The summed E-state index contributed by atoms with van der Waals surface area (Å²) < 4.78 is 20.0. The highest BCUT2D eigenvalue weighted by Gasteiger charge is 2.41. The van der Waals surface area contributed by atoms with Crippen molar-refractivity contribution in [3.05, 3.63) is 41.4 Å². The van der Waals surface area contributed by atoms with E-state index >= 15 is 0 Å². The van der Waals surface area contributed by atoms with Gasteiger partial charge in [-0.25, -0.2) is 4.39 Å². The van der Waals surface area contributed by atoms with Crippen molar-refractivity contribution in [1.29, 1.82) is 5.41 Å². The Morgan fingerprint density at radius 1 is 1.42 bits per heavy atom. The Morgan fingerprint density at radius 2 is 2.15 bits per heavy atom. The fourth-order valence-corrected chi connectivity index (χ4v) is 3.37. The topological polar surface area (TPSA) is 100 Å². The molecule has 2 bridgehead atoms. The van der Waals surface area contributed by atoms with E-state index in [1.165, 1.54) is 0 Å². The normalized spacial score (nSPS) is 25.1. The number of anilines is 1. The van der Waals surface area contributed by atoms with Crippen LogP contribution in [0.25, 0.3) is 0 Å². The molecule has 0 saturated carbocycles. The summed E-state index contributed by atoms with van der Waals surface area (Å²) in [4.78, 5) is 12.1. The van der Waals surface area contributed by atoms with Crippen molar-refractivity contribution in [1.82, 2.24) is 5.32 Å². The maximum Gasteiger partial charge on any atom is 0.276 e. The third kappa shape index (κ3) is 3.94. The second kappa shape index (κ2) is 7.97. The first-order chi connectivity index (χ1) is 12.5. The van der Waals surface area contributed by atoms with Gasteiger partial charge in [0, 0.05) is 24.0 Å². The fraction of sp³-hybridized carbons (Fsp3) is 0.474. The summed E-state index contributed by atoms with van der Waals surface area (Å²) in [5.41, 5.74) is 6.35. The number of allylic oxidation sites excluding steroid dienone is 1. The largest absolute Gasteiger partial charge is 0.400 e. The number of hydrogen-bond acceptors (Lipinski definition) is 5. The van der Waals surface area contributed by atoms with Crippen LogP contribution >= 0.6 is 0 Å². The number of morpholine rings is 1. The molecular weight excluding hydrogens is 335 g/mol. The van der Waals surface area contributed by atoms with E-state index in [-0.39, 0.29) is 17.9 Å². The maximum absolute atomic E-state index is 14.1. The third-order valence-corrected chi connectivity index (χ3v) is 4.85. The van der Waals surface area contributed by atoms with Gasteiger partial charge in [0.15, 0.2) is 11.5 Å². The molecule has 2 heterocycles. The van der Waals surface area contributed by atoms with Gasteiger partial charge in [0.1, 0.15) is 0 Å². The molecule has 2 aliphatic rings. The SMILES string of the molecule is CCCCC(N)=C(F)C(=N)C(=O)Nc1ccc([C@@H]2O[C@H]3CN[C@@H]2C3)cc1. The molecule has 1 aromatic rings. The van der Waals surface area contributed by atoms with Crippen LogP contribution in [0.1, 0.15) is 44.3 Å². The zero-order chi connectivity index (χ0) is 18.7. The fourth-order valence-electron chi connectivity index (χ4n) is 3.37. The zero-order valence-electron chi connectivity index (χ0n) is 14.8. The van der Waals surface area contributed by atoms with Crippen LogP contribution in [-0.2, 0) is 9.53 Å². The van der Waals surface area contributed by atoms with Crippen LogP contribution in [0, 0.1) is 5.41 Å². The summed E-state index contributed by atoms with van der Waals surface area (Å²) in [5.74, 6) is -1.76. The van der Waals surface area contributed by atoms with Crippen LogP contribution in [0.15, 0.2) is 35.8 Å². The van der Waals surface area contributed by atoms with Crippen molar-refractivity contribution < 1.29 is 13.9 Å². The zero-order valence-corrected chi connectivity index (χ0v) is 14.8. The number of rotatable bonds is 7.